The molecule has 5 rings (SSSR count). The Labute approximate surface area is 246 Å². The monoisotopic (exact) mass is 586 g/mol. The maximum absolute atomic E-state index is 13.8. The summed E-state index contributed by atoms with van der Waals surface area (Å²) >= 11 is 0. The number of nitrogens with zero attached hydrogens (tertiary/aromatic N) is 6. The third-order valence-electron chi connectivity index (χ3n) is 7.62. The van der Waals surface area contributed by atoms with Crippen molar-refractivity contribution in [3.8, 4) is 11.4 Å². The van der Waals surface area contributed by atoms with Gasteiger partial charge in [-0.2, -0.15) is 0 Å². The van der Waals surface area contributed by atoms with Gasteiger partial charge in [0.2, 0.25) is 0 Å². The number of benzene rings is 3. The van der Waals surface area contributed by atoms with E-state index in [1.807, 2.05) is 39.0 Å². The molecule has 2 atom stereocenters. The molecule has 0 N–H and O–H groups in total. The lowest BCUT2D eigenvalue weighted by atomic mass is 10.1. The Morgan fingerprint density at radius 1 is 1.02 bits per heavy atom. The van der Waals surface area contributed by atoms with Crippen LogP contribution >= 0.6 is 0 Å². The predicted molar refractivity (Wildman–Crippen MR) is 159 cm³/mol. The number of carbonyl (C=O) groups excluding carboxylic acids is 1. The molecule has 1 fully saturated rings. The number of hydrogen-bond acceptors (Lipinski definition) is 9. The molecule has 0 saturated carbocycles. The topological polar surface area (TPSA) is 154 Å². The number of hydrogen-bond donors (Lipinski definition) is 0. The smallest absolute Gasteiger partial charge is 0.277 e. The van der Waals surface area contributed by atoms with Gasteiger partial charge in [-0.05, 0) is 57.2 Å². The van der Waals surface area contributed by atoms with Crippen LogP contribution in [-0.4, -0.2) is 67.4 Å². The second-order valence-corrected chi connectivity index (χ2v) is 10.3. The highest BCUT2D eigenvalue weighted by atomic mass is 16.6. The molecule has 1 aliphatic rings. The quantitative estimate of drug-likeness (QED) is 0.214. The Morgan fingerprint density at radius 2 is 1.67 bits per heavy atom. The Bertz CT molecular complexity index is 1740. The number of nitro benzene ring substituents is 2. The predicted octanol–water partition coefficient (Wildman–Crippen LogP) is 4.51. The van der Waals surface area contributed by atoms with Crippen LogP contribution in [0.4, 0.5) is 11.4 Å². The highest BCUT2D eigenvalue weighted by Gasteiger charge is 2.33. The molecule has 1 amide bonds. The summed E-state index contributed by atoms with van der Waals surface area (Å²) < 4.78 is 7.17. The molecule has 43 heavy (non-hydrogen) atoms. The van der Waals surface area contributed by atoms with Gasteiger partial charge in [-0.15, -0.1) is 0 Å². The molecule has 0 radical (unpaired) electrons. The van der Waals surface area contributed by atoms with E-state index >= 15 is 0 Å². The molecule has 222 valence electrons. The normalized spacial score (nSPS) is 16.2. The molecule has 2 unspecified atom stereocenters. The third-order valence-corrected chi connectivity index (χ3v) is 7.62. The maximum atomic E-state index is 13.8. The van der Waals surface area contributed by atoms with Gasteiger partial charge in [-0.1, -0.05) is 12.1 Å². The van der Waals surface area contributed by atoms with Crippen LogP contribution in [0.1, 0.15) is 43.0 Å². The molecule has 13 heteroatoms. The van der Waals surface area contributed by atoms with Gasteiger partial charge in [0.1, 0.15) is 11.6 Å². The summed E-state index contributed by atoms with van der Waals surface area (Å²) in [7, 11) is 0. The summed E-state index contributed by atoms with van der Waals surface area (Å²) in [5.74, 6) is 0.696. The standard InChI is InChI=1S/C30H30N6O7/c1-4-43-25-11-9-22(10-12-25)34-28(31-27-8-6-5-7-26(27)30(34)38)20(3)32-13-14-33(19(2)18-32)29(37)21-15-23(35(39)40)17-24(16-21)36(41)42/h5-12,15-17,19-20H,4,13-14,18H2,1-3H3. The van der Waals surface area contributed by atoms with Gasteiger partial charge in [-0.3, -0.25) is 39.3 Å². The number of rotatable bonds is 8. The van der Waals surface area contributed by atoms with Crippen molar-refractivity contribution in [1.82, 2.24) is 19.4 Å². The molecule has 0 aliphatic carbocycles. The van der Waals surface area contributed by atoms with Crippen LogP contribution in [0.25, 0.3) is 16.6 Å². The minimum Gasteiger partial charge on any atom is -0.494 e. The zero-order chi connectivity index (χ0) is 30.8. The van der Waals surface area contributed by atoms with Gasteiger partial charge >= 0.3 is 0 Å². The first kappa shape index (κ1) is 29.3. The number of piperazine rings is 1. The van der Waals surface area contributed by atoms with Crippen LogP contribution in [0.3, 0.4) is 0 Å². The van der Waals surface area contributed by atoms with Crippen molar-refractivity contribution in [3.63, 3.8) is 0 Å². The fourth-order valence-electron chi connectivity index (χ4n) is 5.44. The van der Waals surface area contributed by atoms with Crippen LogP contribution in [0.2, 0.25) is 0 Å². The molecule has 3 aromatic carbocycles. The highest BCUT2D eigenvalue weighted by Crippen LogP contribution is 2.28. The van der Waals surface area contributed by atoms with E-state index in [4.69, 9.17) is 9.72 Å². The zero-order valence-electron chi connectivity index (χ0n) is 23.9. The van der Waals surface area contributed by atoms with Crippen LogP contribution in [-0.2, 0) is 0 Å². The molecular formula is C30H30N6O7. The fourth-order valence-corrected chi connectivity index (χ4v) is 5.44. The number of para-hydroxylation sites is 1. The van der Waals surface area contributed by atoms with Crippen molar-refractivity contribution in [1.29, 1.82) is 0 Å². The van der Waals surface area contributed by atoms with Crippen molar-refractivity contribution in [2.45, 2.75) is 32.9 Å². The van der Waals surface area contributed by atoms with Gasteiger partial charge in [0.05, 0.1) is 50.7 Å². The molecule has 0 bridgehead atoms. The summed E-state index contributed by atoms with van der Waals surface area (Å²) in [6.45, 7) is 7.31. The summed E-state index contributed by atoms with van der Waals surface area (Å²) in [5.41, 5.74) is -0.145. The molecule has 1 aromatic heterocycles. The lowest BCUT2D eigenvalue weighted by Gasteiger charge is -2.42. The minimum atomic E-state index is -0.757. The van der Waals surface area contributed by atoms with E-state index in [-0.39, 0.29) is 29.8 Å². The molecule has 4 aromatic rings. The first-order valence-electron chi connectivity index (χ1n) is 13.8. The van der Waals surface area contributed by atoms with Gasteiger partial charge in [0.15, 0.2) is 0 Å². The number of fused-ring (bicyclic) bond motifs is 1. The maximum Gasteiger partial charge on any atom is 0.277 e. The van der Waals surface area contributed by atoms with Gasteiger partial charge < -0.3 is 9.64 Å². The number of amides is 1. The SMILES string of the molecule is CCOc1ccc(-n2c(C(C)N3CCN(C(=O)c4cc([N+](=O)[O-])cc([N+](=O)[O-])c4)C(C)C3)nc3ccccc3c2=O)cc1. The average Bonchev–Trinajstić information content (AvgIpc) is 3.00. The number of nitro groups is 2. The Balaban J connectivity index is 1.45. The first-order chi connectivity index (χ1) is 20.6. The summed E-state index contributed by atoms with van der Waals surface area (Å²) in [5, 5.41) is 23.2. The number of carbonyl (C=O) groups is 1. The summed E-state index contributed by atoms with van der Waals surface area (Å²) in [6, 6.07) is 16.7. The van der Waals surface area contributed by atoms with Crippen LogP contribution in [0.5, 0.6) is 5.75 Å². The lowest BCUT2D eigenvalue weighted by molar-refractivity contribution is -0.394. The van der Waals surface area contributed by atoms with E-state index < -0.39 is 27.1 Å². The number of non-ortho nitro benzene ring substituents is 2. The average molecular weight is 587 g/mol. The summed E-state index contributed by atoms with van der Waals surface area (Å²) in [6.07, 6.45) is 0. The number of aromatic nitrogens is 2. The molecular weight excluding hydrogens is 556 g/mol. The number of ether oxygens (including phenoxy) is 1. The van der Waals surface area contributed by atoms with E-state index in [1.54, 1.807) is 39.8 Å². The third kappa shape index (κ3) is 5.79. The van der Waals surface area contributed by atoms with E-state index in [0.29, 0.717) is 47.9 Å². The van der Waals surface area contributed by atoms with Crippen LogP contribution < -0.4 is 10.3 Å². The van der Waals surface area contributed by atoms with Gasteiger partial charge in [0, 0.05) is 37.8 Å². The Kier molecular flexibility index (Phi) is 8.17. The first-order valence-corrected chi connectivity index (χ1v) is 13.8. The van der Waals surface area contributed by atoms with Gasteiger partial charge in [-0.25, -0.2) is 4.98 Å². The van der Waals surface area contributed by atoms with Crippen molar-refractivity contribution in [2.75, 3.05) is 26.2 Å². The lowest BCUT2D eigenvalue weighted by Crippen LogP contribution is -2.54. The van der Waals surface area contributed by atoms with Gasteiger partial charge in [0.25, 0.3) is 22.8 Å². The van der Waals surface area contributed by atoms with Crippen molar-refractivity contribution >= 4 is 28.2 Å². The Hall–Kier alpha value is -5.17. The van der Waals surface area contributed by atoms with E-state index in [9.17, 15) is 29.8 Å². The second-order valence-electron chi connectivity index (χ2n) is 10.3. The fraction of sp³-hybridized carbons (Fsp3) is 0.300. The van der Waals surface area contributed by atoms with E-state index in [0.717, 1.165) is 18.2 Å². The van der Waals surface area contributed by atoms with Crippen molar-refractivity contribution in [2.24, 2.45) is 0 Å². The van der Waals surface area contributed by atoms with Crippen LogP contribution in [0, 0.1) is 20.2 Å². The molecule has 1 saturated heterocycles. The molecule has 1 aliphatic heterocycles. The highest BCUT2D eigenvalue weighted by molar-refractivity contribution is 5.96. The zero-order valence-corrected chi connectivity index (χ0v) is 23.9. The molecule has 0 spiro atoms. The second kappa shape index (κ2) is 12.0. The largest absolute Gasteiger partial charge is 0.494 e. The van der Waals surface area contributed by atoms with Crippen molar-refractivity contribution in [3.05, 3.63) is 109 Å². The van der Waals surface area contributed by atoms with E-state index in [2.05, 4.69) is 4.90 Å². The molecule has 2 heterocycles. The summed E-state index contributed by atoms with van der Waals surface area (Å²) in [4.78, 5) is 56.9. The van der Waals surface area contributed by atoms with Crippen LogP contribution in [0.15, 0.2) is 71.5 Å². The molecule has 13 nitrogen and oxygen atoms in total. The van der Waals surface area contributed by atoms with E-state index in [1.165, 1.54) is 0 Å². The Morgan fingerprint density at radius 3 is 2.28 bits per heavy atom. The van der Waals surface area contributed by atoms with Crippen molar-refractivity contribution < 1.29 is 19.4 Å². The minimum absolute atomic E-state index is 0.116.